The normalized spacial score (nSPS) is 11.0. The molecule has 4 aromatic rings. The quantitative estimate of drug-likeness (QED) is 0.254. The summed E-state index contributed by atoms with van der Waals surface area (Å²) in [5.74, 6) is 0. The molecule has 10 heteroatoms. The van der Waals surface area contributed by atoms with E-state index in [-0.39, 0.29) is 13.2 Å². The summed E-state index contributed by atoms with van der Waals surface area (Å²) in [6.07, 6.45) is 0.827. The first-order chi connectivity index (χ1) is 18.2. The Bertz CT molecular complexity index is 1610. The average molecular weight is 573 g/mol. The molecule has 2 aromatic carbocycles. The predicted molar refractivity (Wildman–Crippen MR) is 155 cm³/mol. The minimum atomic E-state index is -0.781. The zero-order chi connectivity index (χ0) is 27.4. The molecule has 0 atom stereocenters. The molecule has 2 heterocycles. The minimum Gasteiger partial charge on any atom is -0.447 e. The average Bonchev–Trinajstić information content (AvgIpc) is 3.32. The van der Waals surface area contributed by atoms with E-state index in [1.807, 2.05) is 30.5 Å². The number of nitrogens with one attached hydrogen (secondary N) is 1. The van der Waals surface area contributed by atoms with Crippen molar-refractivity contribution in [1.82, 2.24) is 9.13 Å². The van der Waals surface area contributed by atoms with E-state index in [2.05, 4.69) is 25.2 Å². The molecule has 0 aliphatic rings. The molecule has 0 spiro atoms. The van der Waals surface area contributed by atoms with E-state index < -0.39 is 17.3 Å². The van der Waals surface area contributed by atoms with Crippen LogP contribution in [0.5, 0.6) is 0 Å². The zero-order valence-electron chi connectivity index (χ0n) is 21.2. The van der Waals surface area contributed by atoms with Gasteiger partial charge in [0.25, 0.3) is 5.56 Å². The highest BCUT2D eigenvalue weighted by Crippen LogP contribution is 2.29. The van der Waals surface area contributed by atoms with E-state index in [1.54, 1.807) is 16.7 Å². The van der Waals surface area contributed by atoms with Gasteiger partial charge in [0.2, 0.25) is 0 Å². The van der Waals surface area contributed by atoms with Gasteiger partial charge >= 0.3 is 11.8 Å². The highest BCUT2D eigenvalue weighted by atomic mass is 35.5. The molecule has 0 bridgehead atoms. The molecule has 0 saturated heterocycles. The van der Waals surface area contributed by atoms with E-state index in [0.717, 1.165) is 34.1 Å². The van der Waals surface area contributed by atoms with Crippen LogP contribution in [0.25, 0.3) is 16.3 Å². The number of thiophene rings is 1. The maximum absolute atomic E-state index is 13.7. The molecule has 7 nitrogen and oxygen atoms in total. The lowest BCUT2D eigenvalue weighted by Gasteiger charge is -2.18. The highest BCUT2D eigenvalue weighted by Gasteiger charge is 2.19. The van der Waals surface area contributed by atoms with Gasteiger partial charge in [-0.3, -0.25) is 19.2 Å². The third-order valence-electron chi connectivity index (χ3n) is 6.12. The molecule has 0 aliphatic carbocycles. The summed E-state index contributed by atoms with van der Waals surface area (Å²) in [5.41, 5.74) is 4.01. The van der Waals surface area contributed by atoms with Gasteiger partial charge in [-0.05, 0) is 66.1 Å². The number of ether oxygens (including phenoxy) is 1. The van der Waals surface area contributed by atoms with Crippen molar-refractivity contribution in [3.05, 3.63) is 101 Å². The smallest absolute Gasteiger partial charge is 0.411 e. The molecule has 0 saturated carbocycles. The Labute approximate surface area is 234 Å². The van der Waals surface area contributed by atoms with Crippen LogP contribution >= 0.6 is 34.5 Å². The predicted octanol–water partition coefficient (Wildman–Crippen LogP) is 6.72. The van der Waals surface area contributed by atoms with Gasteiger partial charge in [-0.2, -0.15) is 0 Å². The molecule has 0 aliphatic heterocycles. The second-order valence-electron chi connectivity index (χ2n) is 8.64. The van der Waals surface area contributed by atoms with Crippen LogP contribution in [-0.4, -0.2) is 21.8 Å². The fourth-order valence-electron chi connectivity index (χ4n) is 4.32. The summed E-state index contributed by atoms with van der Waals surface area (Å²) >= 11 is 13.5. The van der Waals surface area contributed by atoms with Crippen molar-refractivity contribution in [2.24, 2.45) is 0 Å². The van der Waals surface area contributed by atoms with Crippen molar-refractivity contribution in [2.45, 2.75) is 40.2 Å². The van der Waals surface area contributed by atoms with Crippen LogP contribution in [-0.2, 0) is 24.1 Å². The number of amides is 1. The van der Waals surface area contributed by atoms with Crippen molar-refractivity contribution in [2.75, 3.05) is 11.9 Å². The number of anilines is 1. The number of aromatic nitrogens is 2. The number of carbonyl (C=O) groups is 1. The summed E-state index contributed by atoms with van der Waals surface area (Å²) in [5, 5.41) is 5.87. The number of rotatable bonds is 8. The van der Waals surface area contributed by atoms with Gasteiger partial charge < -0.3 is 4.74 Å². The fourth-order valence-corrected chi connectivity index (χ4v) is 5.57. The van der Waals surface area contributed by atoms with Crippen LogP contribution < -0.4 is 16.6 Å². The second kappa shape index (κ2) is 12.0. The lowest BCUT2D eigenvalue weighted by molar-refractivity contribution is 0.156. The van der Waals surface area contributed by atoms with Gasteiger partial charge in [0.05, 0.1) is 22.9 Å². The van der Waals surface area contributed by atoms with E-state index in [0.29, 0.717) is 26.4 Å². The Hall–Kier alpha value is -3.33. The first-order valence-corrected chi connectivity index (χ1v) is 13.8. The van der Waals surface area contributed by atoms with Crippen LogP contribution in [0.15, 0.2) is 63.5 Å². The van der Waals surface area contributed by atoms with Crippen LogP contribution in [0, 0.1) is 6.92 Å². The lowest BCUT2D eigenvalue weighted by atomic mass is 9.95. The van der Waals surface area contributed by atoms with Crippen LogP contribution in [0.2, 0.25) is 10.0 Å². The third-order valence-corrected chi connectivity index (χ3v) is 7.72. The summed E-state index contributed by atoms with van der Waals surface area (Å²) in [6, 6.07) is 14.0. The topological polar surface area (TPSA) is 82.3 Å². The summed E-state index contributed by atoms with van der Waals surface area (Å²) < 4.78 is 7.87. The molecule has 38 heavy (non-hydrogen) atoms. The maximum Gasteiger partial charge on any atom is 0.411 e. The Morgan fingerprint density at radius 3 is 2.53 bits per heavy atom. The molecular formula is C28H27Cl2N3O4S. The summed E-state index contributed by atoms with van der Waals surface area (Å²) in [6.45, 7) is 5.79. The standard InChI is InChI=1S/C28H27Cl2N3O4S/c1-4-18-7-6-8-21(20(18)5-2)24-15-25(34)32(28(36)33(24)26-13-17(3)16-38-26)11-12-37-27(35)31-23-14-19(29)9-10-22(23)30/h6-10,13-16H,4-5,11-12H2,1-3H3,(H,31,35). The van der Waals surface area contributed by atoms with Crippen molar-refractivity contribution in [1.29, 1.82) is 0 Å². The highest BCUT2D eigenvalue weighted by molar-refractivity contribution is 7.12. The molecule has 1 amide bonds. The van der Waals surface area contributed by atoms with Gasteiger partial charge in [0, 0.05) is 16.7 Å². The molecule has 2 aromatic heterocycles. The lowest BCUT2D eigenvalue weighted by Crippen LogP contribution is -2.40. The Morgan fingerprint density at radius 2 is 1.84 bits per heavy atom. The van der Waals surface area contributed by atoms with E-state index in [9.17, 15) is 14.4 Å². The molecule has 0 fully saturated rings. The van der Waals surface area contributed by atoms with E-state index >= 15 is 0 Å². The van der Waals surface area contributed by atoms with Gasteiger partial charge in [-0.1, -0.05) is 55.2 Å². The Kier molecular flexibility index (Phi) is 8.76. The maximum atomic E-state index is 13.7. The fraction of sp³-hybridized carbons (Fsp3) is 0.250. The van der Waals surface area contributed by atoms with E-state index in [1.165, 1.54) is 29.0 Å². The number of benzene rings is 2. The van der Waals surface area contributed by atoms with Crippen molar-refractivity contribution in [3.8, 4) is 16.3 Å². The third kappa shape index (κ3) is 5.88. The SMILES string of the molecule is CCc1cccc(-c2cc(=O)n(CCOC(=O)Nc3cc(Cl)ccc3Cl)c(=O)n2-c2cc(C)cs2)c1CC. The first kappa shape index (κ1) is 27.7. The van der Waals surface area contributed by atoms with Gasteiger partial charge in [0.1, 0.15) is 11.6 Å². The van der Waals surface area contributed by atoms with Crippen molar-refractivity contribution < 1.29 is 9.53 Å². The van der Waals surface area contributed by atoms with Crippen molar-refractivity contribution in [3.63, 3.8) is 0 Å². The largest absolute Gasteiger partial charge is 0.447 e. The molecule has 4 rings (SSSR count). The molecule has 0 radical (unpaired) electrons. The number of nitrogens with zero attached hydrogens (tertiary/aromatic N) is 2. The molecule has 0 unspecified atom stereocenters. The first-order valence-electron chi connectivity index (χ1n) is 12.2. The second-order valence-corrected chi connectivity index (χ2v) is 10.4. The minimum absolute atomic E-state index is 0.116. The number of hydrogen-bond acceptors (Lipinski definition) is 5. The van der Waals surface area contributed by atoms with Crippen LogP contribution in [0.1, 0.15) is 30.5 Å². The van der Waals surface area contributed by atoms with Crippen LogP contribution in [0.4, 0.5) is 10.5 Å². The van der Waals surface area contributed by atoms with Gasteiger partial charge in [0.15, 0.2) is 0 Å². The van der Waals surface area contributed by atoms with Gasteiger partial charge in [-0.25, -0.2) is 9.59 Å². The number of carbonyl (C=O) groups excluding carboxylic acids is 1. The van der Waals surface area contributed by atoms with Gasteiger partial charge in [-0.15, -0.1) is 11.3 Å². The Morgan fingerprint density at radius 1 is 1.05 bits per heavy atom. The van der Waals surface area contributed by atoms with Crippen LogP contribution in [0.3, 0.4) is 0 Å². The number of aryl methyl sites for hydroxylation is 2. The summed E-state index contributed by atoms with van der Waals surface area (Å²) in [7, 11) is 0. The summed E-state index contributed by atoms with van der Waals surface area (Å²) in [4.78, 5) is 39.2. The monoisotopic (exact) mass is 571 g/mol. The van der Waals surface area contributed by atoms with E-state index in [4.69, 9.17) is 27.9 Å². The zero-order valence-corrected chi connectivity index (χ0v) is 23.5. The molecule has 198 valence electrons. The molecular weight excluding hydrogens is 545 g/mol. The molecule has 1 N–H and O–H groups in total. The Balaban J connectivity index is 1.68. The van der Waals surface area contributed by atoms with Crippen molar-refractivity contribution >= 4 is 46.3 Å². The number of hydrogen-bond donors (Lipinski definition) is 1. The number of halogens is 2.